The van der Waals surface area contributed by atoms with Gasteiger partial charge in [0.05, 0.1) is 31.7 Å². The van der Waals surface area contributed by atoms with Gasteiger partial charge in [-0.1, -0.05) is 28.1 Å². The minimum Gasteiger partial charge on any atom is -1.00 e. The highest BCUT2D eigenvalue weighted by Gasteiger charge is 2.11. The Labute approximate surface area is 141 Å². The molecule has 0 atom stereocenters. The predicted octanol–water partition coefficient (Wildman–Crippen LogP) is 1.92. The zero-order valence-electron chi connectivity index (χ0n) is 11.2. The summed E-state index contributed by atoms with van der Waals surface area (Å²) in [5, 5.41) is 0. The summed E-state index contributed by atoms with van der Waals surface area (Å²) >= 11 is 4.91. The third kappa shape index (κ3) is 5.04. The van der Waals surface area contributed by atoms with Crippen LogP contribution in [0.15, 0.2) is 50.2 Å². The van der Waals surface area contributed by atoms with E-state index in [0.717, 1.165) is 26.5 Å². The highest BCUT2D eigenvalue weighted by atomic mass is 79.9. The normalized spacial score (nSPS) is 9.95. The Morgan fingerprint density at radius 1 is 1.20 bits per heavy atom. The van der Waals surface area contributed by atoms with Crippen molar-refractivity contribution >= 4 is 33.5 Å². The van der Waals surface area contributed by atoms with Crippen LogP contribution in [-0.2, 0) is 0 Å². The molecule has 0 N–H and O–H groups in total. The van der Waals surface area contributed by atoms with Crippen LogP contribution in [0.3, 0.4) is 0 Å². The number of rotatable bonds is 4. The fourth-order valence-corrected chi connectivity index (χ4v) is 3.09. The molecule has 2 aromatic rings. The lowest BCUT2D eigenvalue weighted by Gasteiger charge is -2.01. The second-order valence-electron chi connectivity index (χ2n) is 4.24. The first-order valence-electron chi connectivity index (χ1n) is 5.87. The first-order chi connectivity index (χ1) is 9.04. The number of hydrogen-bond donors (Lipinski definition) is 0. The molecule has 1 aromatic heterocycles. The third-order valence-electron chi connectivity index (χ3n) is 2.53. The topological polar surface area (TPSA) is 28.4 Å². The average molecular weight is 418 g/mol. The van der Waals surface area contributed by atoms with Crippen molar-refractivity contribution in [1.82, 2.24) is 0 Å². The van der Waals surface area contributed by atoms with Gasteiger partial charge in [-0.2, -0.15) is 0 Å². The molecular formula is C15H14Br2O2S. The fourth-order valence-electron chi connectivity index (χ4n) is 1.73. The third-order valence-corrected chi connectivity index (χ3v) is 4.00. The molecule has 0 aliphatic rings. The Morgan fingerprint density at radius 3 is 2.45 bits per heavy atom. The van der Waals surface area contributed by atoms with Crippen LogP contribution in [0.25, 0.3) is 0 Å². The maximum absolute atomic E-state index is 12.1. The van der Waals surface area contributed by atoms with Crippen molar-refractivity contribution in [2.45, 2.75) is 18.7 Å². The van der Waals surface area contributed by atoms with E-state index in [-0.39, 0.29) is 22.8 Å². The van der Waals surface area contributed by atoms with Crippen molar-refractivity contribution in [3.63, 3.8) is 0 Å². The monoisotopic (exact) mass is 416 g/mol. The van der Waals surface area contributed by atoms with Crippen LogP contribution in [0.2, 0.25) is 0 Å². The first kappa shape index (κ1) is 17.4. The van der Waals surface area contributed by atoms with Gasteiger partial charge in [-0.05, 0) is 12.1 Å². The quantitative estimate of drug-likeness (QED) is 0.432. The van der Waals surface area contributed by atoms with E-state index in [9.17, 15) is 4.79 Å². The summed E-state index contributed by atoms with van der Waals surface area (Å²) in [6.45, 7) is 3.82. The molecule has 5 heteroatoms. The van der Waals surface area contributed by atoms with E-state index >= 15 is 0 Å². The molecule has 0 radical (unpaired) electrons. The van der Waals surface area contributed by atoms with Crippen molar-refractivity contribution in [3.8, 4) is 0 Å². The van der Waals surface area contributed by atoms with Crippen LogP contribution in [0.4, 0.5) is 0 Å². The van der Waals surface area contributed by atoms with Crippen molar-refractivity contribution in [2.24, 2.45) is 0 Å². The Morgan fingerprint density at radius 2 is 1.85 bits per heavy atom. The molecule has 2 rings (SSSR count). The maximum atomic E-state index is 12.1. The lowest BCUT2D eigenvalue weighted by atomic mass is 10.2. The van der Waals surface area contributed by atoms with E-state index in [1.54, 1.807) is 0 Å². The zero-order chi connectivity index (χ0) is 13.8. The van der Waals surface area contributed by atoms with E-state index in [1.165, 1.54) is 11.8 Å². The number of carbonyl (C=O) groups is 1. The van der Waals surface area contributed by atoms with Gasteiger partial charge in [-0.3, -0.25) is 4.79 Å². The van der Waals surface area contributed by atoms with Gasteiger partial charge in [-0.15, -0.1) is 11.8 Å². The van der Waals surface area contributed by atoms with Gasteiger partial charge < -0.3 is 17.0 Å². The molecule has 0 saturated heterocycles. The highest BCUT2D eigenvalue weighted by Crippen LogP contribution is 2.22. The molecule has 0 saturated carbocycles. The number of benzene rings is 1. The standard InChI is InChI=1S/C15H14BrO2S.BrH/c1-10-6-14(7-11(2)18-10)19-9-15(17)12-4-3-5-13(16)8-12;/h3-8H,9H2,1-2H3;1H/q+1;/p-1. The molecule has 0 spiro atoms. The summed E-state index contributed by atoms with van der Waals surface area (Å²) in [6.07, 6.45) is 0. The van der Waals surface area contributed by atoms with E-state index in [1.807, 2.05) is 50.2 Å². The molecule has 1 aromatic carbocycles. The SMILES string of the molecule is Cc1cc(SCC(=O)c2cccc(Br)c2)cc(C)[o+]1.[Br-]. The second-order valence-corrected chi connectivity index (χ2v) is 6.20. The van der Waals surface area contributed by atoms with Crippen molar-refractivity contribution in [1.29, 1.82) is 0 Å². The fraction of sp³-hybridized carbons (Fsp3) is 0.200. The van der Waals surface area contributed by atoms with Gasteiger partial charge in [0.1, 0.15) is 0 Å². The van der Waals surface area contributed by atoms with E-state index in [2.05, 4.69) is 15.9 Å². The number of hydrogen-bond acceptors (Lipinski definition) is 2. The minimum atomic E-state index is 0. The van der Waals surface area contributed by atoms with Gasteiger partial charge in [0, 0.05) is 14.9 Å². The molecule has 2 nitrogen and oxygen atoms in total. The molecule has 0 bridgehead atoms. The van der Waals surface area contributed by atoms with Crippen molar-refractivity contribution in [3.05, 3.63) is 58.0 Å². The highest BCUT2D eigenvalue weighted by molar-refractivity contribution is 9.10. The zero-order valence-corrected chi connectivity index (χ0v) is 15.1. The molecule has 0 fully saturated rings. The molecule has 0 aliphatic carbocycles. The molecular weight excluding hydrogens is 404 g/mol. The smallest absolute Gasteiger partial charge is 0.327 e. The number of thioether (sulfide) groups is 1. The molecule has 0 amide bonds. The lowest BCUT2D eigenvalue weighted by Crippen LogP contribution is -3.00. The summed E-state index contributed by atoms with van der Waals surface area (Å²) in [4.78, 5) is 13.1. The number of ketones is 1. The number of carbonyl (C=O) groups excluding carboxylic acids is 1. The minimum absolute atomic E-state index is 0. The largest absolute Gasteiger partial charge is 1.00 e. The van der Waals surface area contributed by atoms with Crippen LogP contribution in [-0.4, -0.2) is 11.5 Å². The van der Waals surface area contributed by atoms with Gasteiger partial charge in [-0.25, -0.2) is 4.42 Å². The summed E-state index contributed by atoms with van der Waals surface area (Å²) in [5.74, 6) is 2.27. The molecule has 106 valence electrons. The summed E-state index contributed by atoms with van der Waals surface area (Å²) in [7, 11) is 0. The van der Waals surface area contributed by atoms with Crippen molar-refractivity contribution in [2.75, 3.05) is 5.75 Å². The summed E-state index contributed by atoms with van der Waals surface area (Å²) in [6, 6.07) is 11.4. The van der Waals surface area contributed by atoms with Gasteiger partial charge in [0.25, 0.3) is 0 Å². The summed E-state index contributed by atoms with van der Waals surface area (Å²) < 4.78 is 6.35. The number of halogens is 2. The van der Waals surface area contributed by atoms with Crippen LogP contribution >= 0.6 is 27.7 Å². The second kappa shape index (κ2) is 7.96. The van der Waals surface area contributed by atoms with Crippen LogP contribution in [0.5, 0.6) is 0 Å². The Bertz CT molecular complexity index is 594. The average Bonchev–Trinajstić information content (AvgIpc) is 2.35. The molecule has 0 unspecified atom stereocenters. The maximum Gasteiger partial charge on any atom is 0.327 e. The number of aryl methyl sites for hydroxylation is 2. The predicted molar refractivity (Wildman–Crippen MR) is 81.8 cm³/mol. The Kier molecular flexibility index (Phi) is 6.92. The molecule has 1 heterocycles. The molecule has 20 heavy (non-hydrogen) atoms. The van der Waals surface area contributed by atoms with Gasteiger partial charge in [0.2, 0.25) is 0 Å². The summed E-state index contributed by atoms with van der Waals surface area (Å²) in [5.41, 5.74) is 0.732. The van der Waals surface area contributed by atoms with Gasteiger partial charge >= 0.3 is 11.5 Å². The Hall–Kier alpha value is -0.650. The van der Waals surface area contributed by atoms with Crippen LogP contribution in [0.1, 0.15) is 21.9 Å². The van der Waals surface area contributed by atoms with E-state index < -0.39 is 0 Å². The first-order valence-corrected chi connectivity index (χ1v) is 7.65. The van der Waals surface area contributed by atoms with Crippen molar-refractivity contribution < 1.29 is 26.2 Å². The van der Waals surface area contributed by atoms with Gasteiger partial charge in [0.15, 0.2) is 5.78 Å². The van der Waals surface area contributed by atoms with Crippen LogP contribution < -0.4 is 17.0 Å². The molecule has 0 aliphatic heterocycles. The van der Waals surface area contributed by atoms with E-state index in [4.69, 9.17) is 4.42 Å². The van der Waals surface area contributed by atoms with E-state index in [0.29, 0.717) is 5.75 Å². The lowest BCUT2D eigenvalue weighted by molar-refractivity contribution is -0.0000123. The van der Waals surface area contributed by atoms with Crippen LogP contribution in [0, 0.1) is 13.8 Å². The Balaban J connectivity index is 0.00000200. The number of Topliss-reactive ketones (excluding diaryl/α,β-unsaturated/α-hetero) is 1.